The van der Waals surface area contributed by atoms with E-state index in [1.165, 1.54) is 12.3 Å². The standard InChI is InChI=1S/C21H19N3O4/c1-14-19-16(21(25)26)13-17(18-9-5-11-28-18)22-20(19)24(23-14)10-6-12-27-15-7-3-2-4-8-15/h2-5,7-9,11,13H,6,10,12H2,1H3,(H,25,26). The molecule has 0 bridgehead atoms. The number of para-hydroxylation sites is 1. The number of benzene rings is 1. The van der Waals surface area contributed by atoms with Crippen LogP contribution >= 0.6 is 0 Å². The number of aromatic nitrogens is 3. The number of nitrogens with zero attached hydrogens (tertiary/aromatic N) is 3. The average molecular weight is 377 g/mol. The predicted octanol–water partition coefficient (Wildman–Crippen LogP) is 4.17. The second-order valence-corrected chi connectivity index (χ2v) is 6.36. The van der Waals surface area contributed by atoms with Crippen molar-refractivity contribution in [2.45, 2.75) is 19.9 Å². The van der Waals surface area contributed by atoms with Crippen LogP contribution in [0.2, 0.25) is 0 Å². The molecule has 0 amide bonds. The molecular formula is C21H19N3O4. The van der Waals surface area contributed by atoms with Crippen LogP contribution in [0.1, 0.15) is 22.5 Å². The number of furan rings is 1. The minimum atomic E-state index is -1.02. The van der Waals surface area contributed by atoms with Gasteiger partial charge in [-0.25, -0.2) is 14.5 Å². The Hall–Kier alpha value is -3.61. The molecule has 0 spiro atoms. The second-order valence-electron chi connectivity index (χ2n) is 6.36. The highest BCUT2D eigenvalue weighted by molar-refractivity contribution is 6.03. The summed E-state index contributed by atoms with van der Waals surface area (Å²) in [5.74, 6) is 0.313. The molecule has 0 aliphatic heterocycles. The zero-order valence-corrected chi connectivity index (χ0v) is 15.3. The van der Waals surface area contributed by atoms with E-state index in [1.54, 1.807) is 23.7 Å². The van der Waals surface area contributed by atoms with Crippen LogP contribution in [0.25, 0.3) is 22.5 Å². The molecule has 0 unspecified atom stereocenters. The lowest BCUT2D eigenvalue weighted by Gasteiger charge is -2.07. The lowest BCUT2D eigenvalue weighted by molar-refractivity contribution is 0.0699. The summed E-state index contributed by atoms with van der Waals surface area (Å²) < 4.78 is 12.8. The Morgan fingerprint density at radius 3 is 2.75 bits per heavy atom. The molecule has 4 aromatic rings. The fraction of sp³-hybridized carbons (Fsp3) is 0.190. The van der Waals surface area contributed by atoms with Gasteiger partial charge in [0.25, 0.3) is 0 Å². The summed E-state index contributed by atoms with van der Waals surface area (Å²) >= 11 is 0. The maximum Gasteiger partial charge on any atom is 0.336 e. The maximum atomic E-state index is 11.8. The highest BCUT2D eigenvalue weighted by Crippen LogP contribution is 2.27. The Morgan fingerprint density at radius 2 is 2.04 bits per heavy atom. The molecule has 1 N–H and O–H groups in total. The summed E-state index contributed by atoms with van der Waals surface area (Å²) in [7, 11) is 0. The molecule has 0 aliphatic rings. The number of aromatic carboxylic acids is 1. The molecule has 0 saturated carbocycles. The third kappa shape index (κ3) is 3.46. The van der Waals surface area contributed by atoms with Gasteiger partial charge in [-0.1, -0.05) is 18.2 Å². The number of aryl methyl sites for hydroxylation is 2. The molecule has 7 heteroatoms. The van der Waals surface area contributed by atoms with Crippen LogP contribution in [0.3, 0.4) is 0 Å². The molecule has 0 radical (unpaired) electrons. The molecule has 4 rings (SSSR count). The first kappa shape index (κ1) is 17.8. The number of rotatable bonds is 7. The minimum absolute atomic E-state index is 0.167. The lowest BCUT2D eigenvalue weighted by atomic mass is 10.1. The topological polar surface area (TPSA) is 90.4 Å². The molecule has 3 aromatic heterocycles. The maximum absolute atomic E-state index is 11.8. The number of carboxylic acids is 1. The number of pyridine rings is 1. The van der Waals surface area contributed by atoms with Crippen molar-refractivity contribution in [2.24, 2.45) is 0 Å². The van der Waals surface area contributed by atoms with Crippen LogP contribution in [0.4, 0.5) is 0 Å². The fourth-order valence-corrected chi connectivity index (χ4v) is 3.15. The van der Waals surface area contributed by atoms with Gasteiger partial charge in [-0.05, 0) is 37.3 Å². The Bertz CT molecular complexity index is 1100. The zero-order chi connectivity index (χ0) is 19.5. The Labute approximate surface area is 161 Å². The van der Waals surface area contributed by atoms with Gasteiger partial charge in [0.1, 0.15) is 11.4 Å². The molecule has 7 nitrogen and oxygen atoms in total. The third-order valence-electron chi connectivity index (χ3n) is 4.41. The van der Waals surface area contributed by atoms with E-state index in [0.717, 1.165) is 5.75 Å². The lowest BCUT2D eigenvalue weighted by Crippen LogP contribution is -2.07. The van der Waals surface area contributed by atoms with Crippen molar-refractivity contribution in [1.29, 1.82) is 0 Å². The molecule has 28 heavy (non-hydrogen) atoms. The van der Waals surface area contributed by atoms with E-state index in [9.17, 15) is 9.90 Å². The number of hydrogen-bond acceptors (Lipinski definition) is 5. The number of hydrogen-bond donors (Lipinski definition) is 1. The second kappa shape index (κ2) is 7.56. The van der Waals surface area contributed by atoms with Gasteiger partial charge < -0.3 is 14.3 Å². The first-order valence-corrected chi connectivity index (χ1v) is 8.96. The van der Waals surface area contributed by atoms with Gasteiger partial charge in [0, 0.05) is 13.0 Å². The Morgan fingerprint density at radius 1 is 1.21 bits per heavy atom. The summed E-state index contributed by atoms with van der Waals surface area (Å²) in [5.41, 5.74) is 1.80. The predicted molar refractivity (Wildman–Crippen MR) is 103 cm³/mol. The molecule has 3 heterocycles. The summed E-state index contributed by atoms with van der Waals surface area (Å²) in [4.78, 5) is 16.4. The normalized spacial score (nSPS) is 11.0. The van der Waals surface area contributed by atoms with E-state index in [2.05, 4.69) is 10.1 Å². The smallest absolute Gasteiger partial charge is 0.336 e. The first-order valence-electron chi connectivity index (χ1n) is 8.96. The van der Waals surface area contributed by atoms with E-state index in [1.807, 2.05) is 30.3 Å². The summed E-state index contributed by atoms with van der Waals surface area (Å²) in [6.07, 6.45) is 2.24. The number of carboxylic acid groups (broad SMARTS) is 1. The molecule has 0 aliphatic carbocycles. The van der Waals surface area contributed by atoms with Crippen molar-refractivity contribution < 1.29 is 19.1 Å². The zero-order valence-electron chi connectivity index (χ0n) is 15.3. The molecule has 0 fully saturated rings. The van der Waals surface area contributed by atoms with Crippen LogP contribution in [-0.4, -0.2) is 32.4 Å². The minimum Gasteiger partial charge on any atom is -0.494 e. The van der Waals surface area contributed by atoms with Crippen molar-refractivity contribution in [2.75, 3.05) is 6.61 Å². The monoisotopic (exact) mass is 377 g/mol. The Kier molecular flexibility index (Phi) is 4.80. The molecule has 0 saturated heterocycles. The largest absolute Gasteiger partial charge is 0.494 e. The van der Waals surface area contributed by atoms with Crippen molar-refractivity contribution in [3.05, 3.63) is 66.1 Å². The van der Waals surface area contributed by atoms with Gasteiger partial charge >= 0.3 is 5.97 Å². The first-order chi connectivity index (χ1) is 13.6. The SMILES string of the molecule is Cc1nn(CCCOc2ccccc2)c2nc(-c3ccco3)cc(C(=O)O)c12. The Balaban J connectivity index is 1.62. The van der Waals surface area contributed by atoms with Crippen LogP contribution in [-0.2, 0) is 6.54 Å². The molecule has 1 aromatic carbocycles. The van der Waals surface area contributed by atoms with Crippen LogP contribution in [0.15, 0.2) is 59.2 Å². The van der Waals surface area contributed by atoms with Gasteiger partial charge in [-0.3, -0.25) is 0 Å². The highest BCUT2D eigenvalue weighted by atomic mass is 16.5. The summed E-state index contributed by atoms with van der Waals surface area (Å²) in [5, 5.41) is 14.7. The van der Waals surface area contributed by atoms with E-state index in [4.69, 9.17) is 9.15 Å². The van der Waals surface area contributed by atoms with Crippen LogP contribution in [0, 0.1) is 6.92 Å². The van der Waals surface area contributed by atoms with Gasteiger partial charge in [-0.15, -0.1) is 0 Å². The highest BCUT2D eigenvalue weighted by Gasteiger charge is 2.20. The number of fused-ring (bicyclic) bond motifs is 1. The van der Waals surface area contributed by atoms with Crippen molar-refractivity contribution >= 4 is 17.0 Å². The molecular weight excluding hydrogens is 358 g/mol. The summed E-state index contributed by atoms with van der Waals surface area (Å²) in [6, 6.07) is 14.6. The van der Waals surface area contributed by atoms with Gasteiger partial charge in [-0.2, -0.15) is 5.10 Å². The third-order valence-corrected chi connectivity index (χ3v) is 4.41. The van der Waals surface area contributed by atoms with Crippen molar-refractivity contribution in [3.63, 3.8) is 0 Å². The number of ether oxygens (including phenoxy) is 1. The van der Waals surface area contributed by atoms with Gasteiger partial charge in [0.2, 0.25) is 0 Å². The number of carbonyl (C=O) groups is 1. The van der Waals surface area contributed by atoms with Crippen LogP contribution in [0.5, 0.6) is 5.75 Å². The average Bonchev–Trinajstić information content (AvgIpc) is 3.34. The van der Waals surface area contributed by atoms with E-state index >= 15 is 0 Å². The van der Waals surface area contributed by atoms with Crippen LogP contribution < -0.4 is 4.74 Å². The van der Waals surface area contributed by atoms with Crippen molar-refractivity contribution in [3.8, 4) is 17.2 Å². The van der Waals surface area contributed by atoms with Gasteiger partial charge in [0.05, 0.1) is 29.5 Å². The molecule has 142 valence electrons. The van der Waals surface area contributed by atoms with Gasteiger partial charge in [0.15, 0.2) is 11.4 Å². The van der Waals surface area contributed by atoms with Crippen molar-refractivity contribution in [1.82, 2.24) is 14.8 Å². The van der Waals surface area contributed by atoms with E-state index < -0.39 is 5.97 Å². The quantitative estimate of drug-likeness (QED) is 0.486. The molecule has 0 atom stereocenters. The van der Waals surface area contributed by atoms with E-state index in [0.29, 0.717) is 47.8 Å². The van der Waals surface area contributed by atoms with E-state index in [-0.39, 0.29) is 5.56 Å². The fourth-order valence-electron chi connectivity index (χ4n) is 3.15. The summed E-state index contributed by atoms with van der Waals surface area (Å²) in [6.45, 7) is 2.87.